The zero-order chi connectivity index (χ0) is 39.2. The van der Waals surface area contributed by atoms with Crippen molar-refractivity contribution in [1.29, 1.82) is 0 Å². The van der Waals surface area contributed by atoms with Crippen LogP contribution in [0.5, 0.6) is 0 Å². The summed E-state index contributed by atoms with van der Waals surface area (Å²) in [5.74, 6) is 5.04. The normalized spacial score (nSPS) is 29.2. The van der Waals surface area contributed by atoms with Gasteiger partial charge in [0.15, 0.2) is 0 Å². The van der Waals surface area contributed by atoms with E-state index in [4.69, 9.17) is 0 Å². The zero-order valence-corrected chi connectivity index (χ0v) is 34.4. The summed E-state index contributed by atoms with van der Waals surface area (Å²) in [6, 6.07) is 63.4. The van der Waals surface area contributed by atoms with Gasteiger partial charge in [0.25, 0.3) is 0 Å². The zero-order valence-electron chi connectivity index (χ0n) is 34.4. The summed E-state index contributed by atoms with van der Waals surface area (Å²) < 4.78 is 0. The first kappa shape index (κ1) is 34.1. The Morgan fingerprint density at radius 1 is 0.350 bits per heavy atom. The van der Waals surface area contributed by atoms with Crippen molar-refractivity contribution in [2.45, 2.75) is 68.6 Å². The molecule has 1 heteroatoms. The maximum atomic E-state index is 2.59. The van der Waals surface area contributed by atoms with Crippen LogP contribution in [0.15, 0.2) is 164 Å². The molecule has 15 rings (SSSR count). The van der Waals surface area contributed by atoms with E-state index in [-0.39, 0.29) is 10.8 Å². The maximum absolute atomic E-state index is 2.59. The highest BCUT2D eigenvalue weighted by Gasteiger charge is 2.62. The highest BCUT2D eigenvalue weighted by molar-refractivity contribution is 5.90. The average Bonchev–Trinajstić information content (AvgIpc) is 4.06. The standard InChI is InChI=1S/C59H51N/c1-2-8-40(9-3-1)41-15-17-42(18-16-41)43-19-22-47(23-20-43)60(48-24-26-55-52(34-48)50-10-4-6-12-54(50)58(55)36-37-14-21-44(58)29-37)49-25-27-57-53(35-49)51-11-5-7-13-56(51)59(57)45-30-38-28-39(32-45)33-46(59)31-38/h1-13,15-20,22-27,34-35,37-39,44-46H,14,21,28-33,36H2. The molecule has 1 nitrogen and oxygen atoms in total. The minimum atomic E-state index is 0.173. The Hall–Kier alpha value is -5.66. The van der Waals surface area contributed by atoms with Crippen LogP contribution >= 0.6 is 0 Å². The molecule has 0 N–H and O–H groups in total. The van der Waals surface area contributed by atoms with E-state index in [1.807, 2.05) is 0 Å². The molecule has 3 unspecified atom stereocenters. The van der Waals surface area contributed by atoms with E-state index in [2.05, 4.69) is 169 Å². The fourth-order valence-corrected chi connectivity index (χ4v) is 15.5. The van der Waals surface area contributed by atoms with Gasteiger partial charge >= 0.3 is 0 Å². The van der Waals surface area contributed by atoms with Gasteiger partial charge in [-0.05, 0) is 190 Å². The predicted octanol–water partition coefficient (Wildman–Crippen LogP) is 15.3. The molecule has 60 heavy (non-hydrogen) atoms. The Morgan fingerprint density at radius 2 is 0.817 bits per heavy atom. The molecule has 0 aliphatic heterocycles. The van der Waals surface area contributed by atoms with Crippen molar-refractivity contribution in [1.82, 2.24) is 0 Å². The van der Waals surface area contributed by atoms with E-state index in [1.165, 1.54) is 119 Å². The van der Waals surface area contributed by atoms with Crippen molar-refractivity contribution in [2.75, 3.05) is 4.90 Å². The smallest absolute Gasteiger partial charge is 0.0468 e. The first-order chi connectivity index (χ1) is 29.6. The fourth-order valence-electron chi connectivity index (χ4n) is 15.5. The largest absolute Gasteiger partial charge is 0.310 e. The van der Waals surface area contributed by atoms with Crippen molar-refractivity contribution in [3.05, 3.63) is 186 Å². The van der Waals surface area contributed by atoms with Crippen LogP contribution < -0.4 is 4.90 Å². The highest BCUT2D eigenvalue weighted by atomic mass is 15.1. The maximum Gasteiger partial charge on any atom is 0.0468 e. The molecule has 292 valence electrons. The topological polar surface area (TPSA) is 3.24 Å². The van der Waals surface area contributed by atoms with Gasteiger partial charge in [0, 0.05) is 27.9 Å². The molecule has 6 fully saturated rings. The van der Waals surface area contributed by atoms with Crippen molar-refractivity contribution in [3.63, 3.8) is 0 Å². The lowest BCUT2D eigenvalue weighted by atomic mass is 9.43. The van der Waals surface area contributed by atoms with Crippen LogP contribution in [0.4, 0.5) is 17.1 Å². The van der Waals surface area contributed by atoms with E-state index >= 15 is 0 Å². The Kier molecular flexibility index (Phi) is 7.07. The highest BCUT2D eigenvalue weighted by Crippen LogP contribution is 2.70. The van der Waals surface area contributed by atoms with E-state index in [1.54, 1.807) is 22.3 Å². The van der Waals surface area contributed by atoms with Gasteiger partial charge in [-0.15, -0.1) is 0 Å². The van der Waals surface area contributed by atoms with Crippen LogP contribution in [-0.2, 0) is 10.8 Å². The molecule has 7 aromatic carbocycles. The van der Waals surface area contributed by atoms with Crippen molar-refractivity contribution in [2.24, 2.45) is 35.5 Å². The molecule has 7 aromatic rings. The van der Waals surface area contributed by atoms with Crippen LogP contribution in [0.1, 0.15) is 80.0 Å². The summed E-state index contributed by atoms with van der Waals surface area (Å²) in [5, 5.41) is 0. The number of nitrogens with zero attached hydrogens (tertiary/aromatic N) is 1. The second-order valence-electron chi connectivity index (χ2n) is 20.1. The monoisotopic (exact) mass is 773 g/mol. The number of anilines is 3. The second-order valence-corrected chi connectivity index (χ2v) is 20.1. The molecular formula is C59H51N. The molecule has 8 aliphatic carbocycles. The van der Waals surface area contributed by atoms with Crippen molar-refractivity contribution >= 4 is 17.1 Å². The minimum Gasteiger partial charge on any atom is -0.310 e. The van der Waals surface area contributed by atoms with Gasteiger partial charge in [-0.1, -0.05) is 134 Å². The Balaban J connectivity index is 0.914. The van der Waals surface area contributed by atoms with Crippen LogP contribution in [-0.4, -0.2) is 0 Å². The Morgan fingerprint density at radius 3 is 1.43 bits per heavy atom. The second kappa shape index (κ2) is 12.4. The van der Waals surface area contributed by atoms with Gasteiger partial charge < -0.3 is 4.90 Å². The number of hydrogen-bond donors (Lipinski definition) is 0. The van der Waals surface area contributed by atoms with Crippen LogP contribution in [0.2, 0.25) is 0 Å². The summed E-state index contributed by atoms with van der Waals surface area (Å²) >= 11 is 0. The summed E-state index contributed by atoms with van der Waals surface area (Å²) in [7, 11) is 0. The third-order valence-corrected chi connectivity index (χ3v) is 17.5. The molecule has 0 amide bonds. The molecule has 0 radical (unpaired) electrons. The first-order valence-electron chi connectivity index (χ1n) is 23.2. The Labute approximate surface area is 355 Å². The molecule has 3 atom stereocenters. The SMILES string of the molecule is c1ccc(-c2ccc(-c3ccc(N(c4ccc5c(c4)-c4ccccc4C54CC5CCC4C5)c4ccc5c(c4)-c4ccccc4C54C5CC6CC(C5)CC4C6)cc3)cc2)cc1. The number of rotatable bonds is 5. The molecule has 0 heterocycles. The van der Waals surface area contributed by atoms with Crippen LogP contribution in [0, 0.1) is 35.5 Å². The van der Waals surface area contributed by atoms with E-state index in [0.717, 1.165) is 35.5 Å². The third kappa shape index (κ3) is 4.54. The van der Waals surface area contributed by atoms with Crippen LogP contribution in [0.3, 0.4) is 0 Å². The van der Waals surface area contributed by atoms with Gasteiger partial charge in [-0.2, -0.15) is 0 Å². The van der Waals surface area contributed by atoms with Crippen LogP contribution in [0.25, 0.3) is 44.5 Å². The number of hydrogen-bond acceptors (Lipinski definition) is 1. The lowest BCUT2D eigenvalue weighted by Gasteiger charge is -2.61. The Bertz CT molecular complexity index is 2820. The van der Waals surface area contributed by atoms with Gasteiger partial charge in [0.2, 0.25) is 0 Å². The summed E-state index contributed by atoms with van der Waals surface area (Å²) in [4.78, 5) is 2.57. The van der Waals surface area contributed by atoms with E-state index in [9.17, 15) is 0 Å². The summed E-state index contributed by atoms with van der Waals surface area (Å²) in [5.41, 5.74) is 21.4. The lowest BCUT2D eigenvalue weighted by Crippen LogP contribution is -2.55. The quantitative estimate of drug-likeness (QED) is 0.168. The van der Waals surface area contributed by atoms with E-state index < -0.39 is 0 Å². The third-order valence-electron chi connectivity index (χ3n) is 17.5. The molecule has 0 aromatic heterocycles. The molecule has 0 saturated heterocycles. The molecular weight excluding hydrogens is 723 g/mol. The number of fused-ring (bicyclic) bond motifs is 11. The lowest BCUT2D eigenvalue weighted by molar-refractivity contribution is -0.0399. The minimum absolute atomic E-state index is 0.173. The summed E-state index contributed by atoms with van der Waals surface area (Å²) in [6.07, 6.45) is 12.6. The van der Waals surface area contributed by atoms with Gasteiger partial charge in [0.1, 0.15) is 0 Å². The number of benzene rings is 7. The molecule has 2 spiro atoms. The van der Waals surface area contributed by atoms with Gasteiger partial charge in [-0.3, -0.25) is 0 Å². The van der Waals surface area contributed by atoms with E-state index in [0.29, 0.717) is 0 Å². The summed E-state index contributed by atoms with van der Waals surface area (Å²) in [6.45, 7) is 0. The molecule has 6 bridgehead atoms. The molecule has 6 saturated carbocycles. The van der Waals surface area contributed by atoms with Gasteiger partial charge in [-0.25, -0.2) is 0 Å². The van der Waals surface area contributed by atoms with Gasteiger partial charge in [0.05, 0.1) is 0 Å². The average molecular weight is 774 g/mol. The predicted molar refractivity (Wildman–Crippen MR) is 247 cm³/mol. The fraction of sp³-hybridized carbons (Fsp3) is 0.288. The molecule has 8 aliphatic rings. The first-order valence-corrected chi connectivity index (χ1v) is 23.2. The van der Waals surface area contributed by atoms with Crippen molar-refractivity contribution < 1.29 is 0 Å². The van der Waals surface area contributed by atoms with Crippen molar-refractivity contribution in [3.8, 4) is 44.5 Å².